The zero-order valence-corrected chi connectivity index (χ0v) is 12.2. The minimum absolute atomic E-state index is 0.118. The van der Waals surface area contributed by atoms with Crippen molar-refractivity contribution < 1.29 is 19.2 Å². The van der Waals surface area contributed by atoms with Crippen LogP contribution in [0.4, 0.5) is 4.39 Å². The van der Waals surface area contributed by atoms with Gasteiger partial charge in [0.05, 0.1) is 13.2 Å². The summed E-state index contributed by atoms with van der Waals surface area (Å²) >= 11 is 3.35. The van der Waals surface area contributed by atoms with E-state index in [9.17, 15) is 4.39 Å². The van der Waals surface area contributed by atoms with Crippen molar-refractivity contribution in [2.75, 3.05) is 0 Å². The molecule has 2 aromatic rings. The summed E-state index contributed by atoms with van der Waals surface area (Å²) in [4.78, 5) is 0. The standard InChI is InChI=1S/C14H13BBrFO3/c16-13-3-1-10(2-4-13)8-20-9-11-5-12(15(18)19)7-14(17)6-11/h1-7,18-19H,8-9H2. The maximum absolute atomic E-state index is 13.3. The average Bonchev–Trinajstić information content (AvgIpc) is 2.40. The highest BCUT2D eigenvalue weighted by molar-refractivity contribution is 9.10. The molecule has 0 saturated carbocycles. The van der Waals surface area contributed by atoms with Crippen molar-refractivity contribution in [3.05, 3.63) is 63.9 Å². The summed E-state index contributed by atoms with van der Waals surface area (Å²) in [6, 6.07) is 11.6. The molecule has 104 valence electrons. The molecule has 0 amide bonds. The van der Waals surface area contributed by atoms with Crippen LogP contribution in [0.25, 0.3) is 0 Å². The van der Waals surface area contributed by atoms with Crippen LogP contribution in [0.15, 0.2) is 46.9 Å². The van der Waals surface area contributed by atoms with Crippen LogP contribution in [0.2, 0.25) is 0 Å². The van der Waals surface area contributed by atoms with Crippen molar-refractivity contribution in [3.8, 4) is 0 Å². The lowest BCUT2D eigenvalue weighted by atomic mass is 9.79. The van der Waals surface area contributed by atoms with E-state index in [0.29, 0.717) is 12.2 Å². The first-order valence-corrected chi connectivity index (χ1v) is 6.81. The Bertz CT molecular complexity index is 575. The van der Waals surface area contributed by atoms with Crippen molar-refractivity contribution in [1.29, 1.82) is 0 Å². The molecule has 6 heteroatoms. The number of ether oxygens (including phenoxy) is 1. The molecule has 20 heavy (non-hydrogen) atoms. The molecule has 0 radical (unpaired) electrons. The lowest BCUT2D eigenvalue weighted by Gasteiger charge is -2.07. The number of hydrogen-bond acceptors (Lipinski definition) is 3. The van der Waals surface area contributed by atoms with E-state index in [2.05, 4.69) is 15.9 Å². The monoisotopic (exact) mass is 338 g/mol. The summed E-state index contributed by atoms with van der Waals surface area (Å²) in [5.41, 5.74) is 1.68. The highest BCUT2D eigenvalue weighted by Crippen LogP contribution is 2.12. The van der Waals surface area contributed by atoms with E-state index in [1.165, 1.54) is 12.1 Å². The number of benzene rings is 2. The van der Waals surface area contributed by atoms with Crippen molar-refractivity contribution >= 4 is 28.5 Å². The van der Waals surface area contributed by atoms with Crippen LogP contribution in [0.3, 0.4) is 0 Å². The zero-order chi connectivity index (χ0) is 14.5. The molecule has 3 nitrogen and oxygen atoms in total. The molecular formula is C14H13BBrFO3. The van der Waals surface area contributed by atoms with Crippen LogP contribution in [0.5, 0.6) is 0 Å². The molecule has 0 spiro atoms. The van der Waals surface area contributed by atoms with Crippen LogP contribution < -0.4 is 5.46 Å². The van der Waals surface area contributed by atoms with Crippen LogP contribution in [0, 0.1) is 5.82 Å². The Hall–Kier alpha value is -1.21. The van der Waals surface area contributed by atoms with E-state index in [1.807, 2.05) is 24.3 Å². The fourth-order valence-corrected chi connectivity index (χ4v) is 2.04. The van der Waals surface area contributed by atoms with Crippen molar-refractivity contribution in [1.82, 2.24) is 0 Å². The third-order valence-corrected chi connectivity index (χ3v) is 3.26. The Morgan fingerprint density at radius 1 is 1.00 bits per heavy atom. The minimum atomic E-state index is -1.68. The van der Waals surface area contributed by atoms with Gasteiger partial charge in [0, 0.05) is 4.47 Å². The maximum atomic E-state index is 13.3. The van der Waals surface area contributed by atoms with Crippen LogP contribution in [-0.2, 0) is 18.0 Å². The van der Waals surface area contributed by atoms with Gasteiger partial charge in [-0.05, 0) is 40.9 Å². The third kappa shape index (κ3) is 4.42. The van der Waals surface area contributed by atoms with E-state index >= 15 is 0 Å². The van der Waals surface area contributed by atoms with E-state index in [0.717, 1.165) is 16.1 Å². The fraction of sp³-hybridized carbons (Fsp3) is 0.143. The van der Waals surface area contributed by atoms with E-state index in [-0.39, 0.29) is 12.1 Å². The molecule has 0 bridgehead atoms. The molecule has 2 aromatic carbocycles. The first kappa shape index (κ1) is 15.2. The lowest BCUT2D eigenvalue weighted by Crippen LogP contribution is -2.30. The number of halogens is 2. The number of rotatable bonds is 5. The van der Waals surface area contributed by atoms with Gasteiger partial charge in [-0.25, -0.2) is 4.39 Å². The Morgan fingerprint density at radius 2 is 1.65 bits per heavy atom. The summed E-state index contributed by atoms with van der Waals surface area (Å²) in [5, 5.41) is 18.1. The second-order valence-electron chi connectivity index (χ2n) is 4.39. The second-order valence-corrected chi connectivity index (χ2v) is 5.30. The second kappa shape index (κ2) is 6.99. The van der Waals surface area contributed by atoms with Gasteiger partial charge in [-0.1, -0.05) is 34.1 Å². The molecular weight excluding hydrogens is 326 g/mol. The Kier molecular flexibility index (Phi) is 5.31. The molecule has 0 aliphatic carbocycles. The summed E-state index contributed by atoms with van der Waals surface area (Å²) < 4.78 is 19.8. The minimum Gasteiger partial charge on any atom is -0.423 e. The lowest BCUT2D eigenvalue weighted by molar-refractivity contribution is 0.107. The Labute approximate surface area is 125 Å². The Balaban J connectivity index is 1.95. The topological polar surface area (TPSA) is 49.7 Å². The molecule has 0 aromatic heterocycles. The van der Waals surface area contributed by atoms with Crippen LogP contribution in [-0.4, -0.2) is 17.2 Å². The summed E-state index contributed by atoms with van der Waals surface area (Å²) in [6.07, 6.45) is 0. The largest absolute Gasteiger partial charge is 0.488 e. The first-order valence-electron chi connectivity index (χ1n) is 6.02. The smallest absolute Gasteiger partial charge is 0.423 e. The van der Waals surface area contributed by atoms with E-state index in [1.54, 1.807) is 0 Å². The first-order chi connectivity index (χ1) is 9.54. The van der Waals surface area contributed by atoms with Crippen molar-refractivity contribution in [2.24, 2.45) is 0 Å². The van der Waals surface area contributed by atoms with Crippen LogP contribution in [0.1, 0.15) is 11.1 Å². The molecule has 0 aliphatic rings. The van der Waals surface area contributed by atoms with Gasteiger partial charge in [0.1, 0.15) is 5.82 Å². The predicted octanol–water partition coefficient (Wildman–Crippen LogP) is 1.98. The van der Waals surface area contributed by atoms with Crippen molar-refractivity contribution in [3.63, 3.8) is 0 Å². The van der Waals surface area contributed by atoms with E-state index < -0.39 is 12.9 Å². The van der Waals surface area contributed by atoms with Gasteiger partial charge in [0.25, 0.3) is 0 Å². The van der Waals surface area contributed by atoms with Gasteiger partial charge in [-0.3, -0.25) is 0 Å². The van der Waals surface area contributed by atoms with Gasteiger partial charge < -0.3 is 14.8 Å². The molecule has 0 unspecified atom stereocenters. The van der Waals surface area contributed by atoms with E-state index in [4.69, 9.17) is 14.8 Å². The molecule has 0 fully saturated rings. The third-order valence-electron chi connectivity index (χ3n) is 2.73. The SMILES string of the molecule is OB(O)c1cc(F)cc(COCc2ccc(Br)cc2)c1. The highest BCUT2D eigenvalue weighted by atomic mass is 79.9. The number of hydrogen-bond donors (Lipinski definition) is 2. The molecule has 0 atom stereocenters. The van der Waals surface area contributed by atoms with Gasteiger partial charge in [-0.2, -0.15) is 0 Å². The molecule has 2 rings (SSSR count). The highest BCUT2D eigenvalue weighted by Gasteiger charge is 2.13. The molecule has 2 N–H and O–H groups in total. The van der Waals surface area contributed by atoms with Gasteiger partial charge >= 0.3 is 7.12 Å². The summed E-state index contributed by atoms with van der Waals surface area (Å²) in [7, 11) is -1.68. The quantitative estimate of drug-likeness (QED) is 0.820. The normalized spacial score (nSPS) is 10.6. The van der Waals surface area contributed by atoms with Gasteiger partial charge in [0.2, 0.25) is 0 Å². The summed E-state index contributed by atoms with van der Waals surface area (Å²) in [6.45, 7) is 0.606. The van der Waals surface area contributed by atoms with Gasteiger partial charge in [-0.15, -0.1) is 0 Å². The fourth-order valence-electron chi connectivity index (χ4n) is 1.78. The van der Waals surface area contributed by atoms with Crippen molar-refractivity contribution in [2.45, 2.75) is 13.2 Å². The average molecular weight is 339 g/mol. The Morgan fingerprint density at radius 3 is 2.30 bits per heavy atom. The molecule has 0 saturated heterocycles. The van der Waals surface area contributed by atoms with Gasteiger partial charge in [0.15, 0.2) is 0 Å². The predicted molar refractivity (Wildman–Crippen MR) is 78.9 cm³/mol. The maximum Gasteiger partial charge on any atom is 0.488 e. The molecule has 0 heterocycles. The summed E-state index contributed by atoms with van der Waals surface area (Å²) in [5.74, 6) is -0.516. The zero-order valence-electron chi connectivity index (χ0n) is 10.6. The molecule has 0 aliphatic heterocycles. The van der Waals surface area contributed by atoms with Crippen LogP contribution >= 0.6 is 15.9 Å².